The summed E-state index contributed by atoms with van der Waals surface area (Å²) in [5.41, 5.74) is 0.974. The van der Waals surface area contributed by atoms with Crippen molar-refractivity contribution >= 4 is 23.4 Å². The molecule has 0 aliphatic carbocycles. The van der Waals surface area contributed by atoms with Crippen molar-refractivity contribution < 1.29 is 9.59 Å². The Morgan fingerprint density at radius 2 is 1.83 bits per heavy atom. The van der Waals surface area contributed by atoms with E-state index in [1.807, 2.05) is 29.0 Å². The smallest absolute Gasteiger partial charge is 0.226 e. The number of carbonyl (C=O) groups excluding carboxylic acids is 2. The van der Waals surface area contributed by atoms with E-state index in [1.54, 1.807) is 12.1 Å². The van der Waals surface area contributed by atoms with Crippen LogP contribution in [0.5, 0.6) is 0 Å². The van der Waals surface area contributed by atoms with Gasteiger partial charge in [0.15, 0.2) is 0 Å². The van der Waals surface area contributed by atoms with E-state index in [0.717, 1.165) is 37.8 Å². The molecule has 0 spiro atoms. The summed E-state index contributed by atoms with van der Waals surface area (Å²) in [5.74, 6) is 0.419. The number of piperidine rings is 1. The molecule has 2 rings (SSSR count). The summed E-state index contributed by atoms with van der Waals surface area (Å²) < 4.78 is 0. The lowest BCUT2D eigenvalue weighted by Gasteiger charge is -2.33. The molecule has 0 unspecified atom stereocenters. The van der Waals surface area contributed by atoms with Gasteiger partial charge in [0, 0.05) is 37.6 Å². The minimum Gasteiger partial charge on any atom is -0.346 e. The quantitative estimate of drug-likeness (QED) is 0.789. The van der Waals surface area contributed by atoms with Gasteiger partial charge in [0.25, 0.3) is 0 Å². The number of rotatable bonds is 6. The monoisotopic (exact) mass is 350 g/mol. The highest BCUT2D eigenvalue weighted by Gasteiger charge is 2.28. The standard InChI is InChI=1S/C19H27ClN2O2/c1-3-4-11-21(2)19(24)16-9-12-22(13-10-16)18(23)14-15-5-7-17(20)8-6-15/h5-8,16H,3-4,9-14H2,1-2H3. The zero-order valence-corrected chi connectivity index (χ0v) is 15.4. The first-order valence-electron chi connectivity index (χ1n) is 8.78. The van der Waals surface area contributed by atoms with Gasteiger partial charge >= 0.3 is 0 Å². The van der Waals surface area contributed by atoms with Crippen LogP contribution in [0.2, 0.25) is 5.02 Å². The van der Waals surface area contributed by atoms with Crippen LogP contribution >= 0.6 is 11.6 Å². The fourth-order valence-electron chi connectivity index (χ4n) is 3.08. The van der Waals surface area contributed by atoms with Crippen molar-refractivity contribution in [2.75, 3.05) is 26.7 Å². The molecule has 1 saturated heterocycles. The Hall–Kier alpha value is -1.55. The molecule has 1 aromatic rings. The SMILES string of the molecule is CCCCN(C)C(=O)C1CCN(C(=O)Cc2ccc(Cl)cc2)CC1. The number of hydrogen-bond donors (Lipinski definition) is 0. The molecule has 0 N–H and O–H groups in total. The third kappa shape index (κ3) is 5.23. The molecule has 0 aromatic heterocycles. The Morgan fingerprint density at radius 1 is 1.21 bits per heavy atom. The van der Waals surface area contributed by atoms with E-state index in [0.29, 0.717) is 24.5 Å². The van der Waals surface area contributed by atoms with Crippen LogP contribution in [0.25, 0.3) is 0 Å². The number of amides is 2. The van der Waals surface area contributed by atoms with Crippen molar-refractivity contribution in [1.29, 1.82) is 0 Å². The average molecular weight is 351 g/mol. The average Bonchev–Trinajstić information content (AvgIpc) is 2.61. The minimum atomic E-state index is 0.0615. The molecule has 0 radical (unpaired) electrons. The second-order valence-electron chi connectivity index (χ2n) is 6.57. The Morgan fingerprint density at radius 3 is 2.42 bits per heavy atom. The summed E-state index contributed by atoms with van der Waals surface area (Å²) in [6, 6.07) is 7.39. The Bertz CT molecular complexity index is 551. The molecule has 132 valence electrons. The molecular weight excluding hydrogens is 324 g/mol. The molecule has 5 heteroatoms. The topological polar surface area (TPSA) is 40.6 Å². The molecule has 1 aliphatic heterocycles. The lowest BCUT2D eigenvalue weighted by molar-refractivity contribution is -0.139. The van der Waals surface area contributed by atoms with Crippen LogP contribution in [0.3, 0.4) is 0 Å². The predicted octanol–water partition coefficient (Wildman–Crippen LogP) is 3.38. The van der Waals surface area contributed by atoms with Crippen LogP contribution in [0.4, 0.5) is 0 Å². The van der Waals surface area contributed by atoms with Crippen LogP contribution < -0.4 is 0 Å². The summed E-state index contributed by atoms with van der Waals surface area (Å²) in [4.78, 5) is 28.5. The first-order valence-corrected chi connectivity index (χ1v) is 9.16. The van der Waals surface area contributed by atoms with Crippen molar-refractivity contribution in [2.24, 2.45) is 5.92 Å². The second kappa shape index (κ2) is 9.07. The maximum Gasteiger partial charge on any atom is 0.226 e. The van der Waals surface area contributed by atoms with Gasteiger partial charge in [-0.15, -0.1) is 0 Å². The number of halogens is 1. The number of nitrogens with zero attached hydrogens (tertiary/aromatic N) is 2. The van der Waals surface area contributed by atoms with Crippen LogP contribution in [0, 0.1) is 5.92 Å². The van der Waals surface area contributed by atoms with Gasteiger partial charge < -0.3 is 9.80 Å². The Kier molecular flexibility index (Phi) is 7.10. The third-order valence-corrected chi connectivity index (χ3v) is 4.94. The van der Waals surface area contributed by atoms with Crippen LogP contribution in [0.1, 0.15) is 38.2 Å². The first kappa shape index (κ1) is 18.8. The lowest BCUT2D eigenvalue weighted by Crippen LogP contribution is -2.44. The maximum atomic E-state index is 12.4. The first-order chi connectivity index (χ1) is 11.5. The summed E-state index contributed by atoms with van der Waals surface area (Å²) in [6.07, 6.45) is 4.06. The van der Waals surface area contributed by atoms with Crippen molar-refractivity contribution in [3.05, 3.63) is 34.9 Å². The van der Waals surface area contributed by atoms with E-state index >= 15 is 0 Å². The second-order valence-corrected chi connectivity index (χ2v) is 7.01. The van der Waals surface area contributed by atoms with Gasteiger partial charge in [-0.2, -0.15) is 0 Å². The van der Waals surface area contributed by atoms with Crippen molar-refractivity contribution in [1.82, 2.24) is 9.80 Å². The summed E-state index contributed by atoms with van der Waals surface area (Å²) >= 11 is 5.87. The molecule has 0 atom stereocenters. The van der Waals surface area contributed by atoms with Crippen molar-refractivity contribution in [3.63, 3.8) is 0 Å². The molecule has 1 aromatic carbocycles. The minimum absolute atomic E-state index is 0.0615. The van der Waals surface area contributed by atoms with E-state index in [4.69, 9.17) is 11.6 Å². The van der Waals surface area contributed by atoms with E-state index in [2.05, 4.69) is 6.92 Å². The zero-order chi connectivity index (χ0) is 17.5. The molecule has 24 heavy (non-hydrogen) atoms. The molecule has 4 nitrogen and oxygen atoms in total. The van der Waals surface area contributed by atoms with Gasteiger partial charge in [-0.25, -0.2) is 0 Å². The summed E-state index contributed by atoms with van der Waals surface area (Å²) in [6.45, 7) is 4.29. The number of likely N-dealkylation sites (tertiary alicyclic amines) is 1. The zero-order valence-electron chi connectivity index (χ0n) is 14.6. The van der Waals surface area contributed by atoms with Crippen LogP contribution in [-0.2, 0) is 16.0 Å². The fourth-order valence-corrected chi connectivity index (χ4v) is 3.21. The molecular formula is C19H27ClN2O2. The van der Waals surface area contributed by atoms with Gasteiger partial charge in [-0.05, 0) is 37.0 Å². The van der Waals surface area contributed by atoms with Gasteiger partial charge in [-0.1, -0.05) is 37.1 Å². The highest BCUT2D eigenvalue weighted by atomic mass is 35.5. The summed E-state index contributed by atoms with van der Waals surface area (Å²) in [5, 5.41) is 0.678. The maximum absolute atomic E-state index is 12.4. The predicted molar refractivity (Wildman–Crippen MR) is 97.0 cm³/mol. The molecule has 0 saturated carbocycles. The van der Waals surface area contributed by atoms with Crippen molar-refractivity contribution in [3.8, 4) is 0 Å². The van der Waals surface area contributed by atoms with E-state index in [9.17, 15) is 9.59 Å². The van der Waals surface area contributed by atoms with Gasteiger partial charge in [0.1, 0.15) is 0 Å². The van der Waals surface area contributed by atoms with Gasteiger partial charge in [0.05, 0.1) is 6.42 Å². The molecule has 0 bridgehead atoms. The molecule has 2 amide bonds. The molecule has 1 aliphatic rings. The highest BCUT2D eigenvalue weighted by Crippen LogP contribution is 2.20. The number of unbranched alkanes of at least 4 members (excludes halogenated alkanes) is 1. The Labute approximate surface area is 149 Å². The largest absolute Gasteiger partial charge is 0.346 e. The highest BCUT2D eigenvalue weighted by molar-refractivity contribution is 6.30. The summed E-state index contributed by atoms with van der Waals surface area (Å²) in [7, 11) is 1.88. The van der Waals surface area contributed by atoms with E-state index in [-0.39, 0.29) is 17.7 Å². The Balaban J connectivity index is 1.80. The van der Waals surface area contributed by atoms with E-state index in [1.165, 1.54) is 0 Å². The number of hydrogen-bond acceptors (Lipinski definition) is 2. The van der Waals surface area contributed by atoms with E-state index < -0.39 is 0 Å². The van der Waals surface area contributed by atoms with Crippen LogP contribution in [0.15, 0.2) is 24.3 Å². The van der Waals surface area contributed by atoms with Crippen molar-refractivity contribution in [2.45, 2.75) is 39.0 Å². The lowest BCUT2D eigenvalue weighted by atomic mass is 9.95. The number of benzene rings is 1. The fraction of sp³-hybridized carbons (Fsp3) is 0.579. The normalized spacial score (nSPS) is 15.4. The van der Waals surface area contributed by atoms with Gasteiger partial charge in [-0.3, -0.25) is 9.59 Å². The molecule has 1 fully saturated rings. The molecule has 1 heterocycles. The van der Waals surface area contributed by atoms with Gasteiger partial charge in [0.2, 0.25) is 11.8 Å². The number of carbonyl (C=O) groups is 2. The third-order valence-electron chi connectivity index (χ3n) is 4.69. The van der Waals surface area contributed by atoms with Crippen LogP contribution in [-0.4, -0.2) is 48.3 Å².